The number of thiophene rings is 1. The van der Waals surface area contributed by atoms with E-state index in [1.54, 1.807) is 6.20 Å². The molecular weight excluding hydrogens is 282 g/mol. The predicted molar refractivity (Wildman–Crippen MR) is 77.2 cm³/mol. The molecule has 0 saturated carbocycles. The van der Waals surface area contributed by atoms with Crippen LogP contribution in [0.5, 0.6) is 0 Å². The molecule has 6 heteroatoms. The quantitative estimate of drug-likeness (QED) is 0.804. The Labute approximate surface area is 119 Å². The molecule has 0 bridgehead atoms. The first-order valence-corrected chi connectivity index (χ1v) is 7.18. The average molecular weight is 294 g/mol. The number of hydrogen-bond donors (Lipinski definition) is 1. The molecule has 0 spiro atoms. The number of imidazole rings is 1. The lowest BCUT2D eigenvalue weighted by Gasteiger charge is -2.04. The molecule has 4 nitrogen and oxygen atoms in total. The zero-order chi connectivity index (χ0) is 13.2. The Balaban J connectivity index is 2.18. The highest BCUT2D eigenvalue weighted by Gasteiger charge is 2.14. The van der Waals surface area contributed by atoms with Crippen LogP contribution in [0.25, 0.3) is 16.2 Å². The van der Waals surface area contributed by atoms with Gasteiger partial charge >= 0.3 is 0 Å². The summed E-state index contributed by atoms with van der Waals surface area (Å²) in [7, 11) is 0. The molecule has 1 N–H and O–H groups in total. The fourth-order valence-electron chi connectivity index (χ4n) is 2.02. The second kappa shape index (κ2) is 5.28. The maximum Gasteiger partial charge on any atom is 0.165 e. The van der Waals surface area contributed by atoms with E-state index in [0.29, 0.717) is 12.8 Å². The molecule has 0 aliphatic rings. The van der Waals surface area contributed by atoms with Gasteiger partial charge in [0.2, 0.25) is 0 Å². The molecular formula is C13H12ClN3OS. The number of fused-ring (bicyclic) bond motifs is 1. The normalized spacial score (nSPS) is 11.3. The van der Waals surface area contributed by atoms with Crippen LogP contribution in [0, 0.1) is 0 Å². The van der Waals surface area contributed by atoms with Crippen LogP contribution >= 0.6 is 22.9 Å². The number of hydrogen-bond acceptors (Lipinski definition) is 4. The van der Waals surface area contributed by atoms with Gasteiger partial charge in [0.1, 0.15) is 16.3 Å². The summed E-state index contributed by atoms with van der Waals surface area (Å²) in [6, 6.07) is 7.64. The van der Waals surface area contributed by atoms with Gasteiger partial charge in [-0.3, -0.25) is 4.57 Å². The summed E-state index contributed by atoms with van der Waals surface area (Å²) in [6.45, 7) is 0.155. The van der Waals surface area contributed by atoms with E-state index < -0.39 is 0 Å². The van der Waals surface area contributed by atoms with Gasteiger partial charge in [-0.05, 0) is 30.7 Å². The topological polar surface area (TPSA) is 50.9 Å². The number of aryl methyl sites for hydroxylation is 1. The van der Waals surface area contributed by atoms with Crippen LogP contribution in [0.4, 0.5) is 0 Å². The Morgan fingerprint density at radius 1 is 1.32 bits per heavy atom. The van der Waals surface area contributed by atoms with Gasteiger partial charge in [-0.1, -0.05) is 11.6 Å². The van der Waals surface area contributed by atoms with Crippen molar-refractivity contribution in [3.63, 3.8) is 0 Å². The fraction of sp³-hybridized carbons (Fsp3) is 0.231. The number of aromatic nitrogens is 3. The second-order valence-electron chi connectivity index (χ2n) is 4.11. The van der Waals surface area contributed by atoms with Gasteiger partial charge in [0.05, 0.1) is 4.34 Å². The third kappa shape index (κ3) is 2.36. The molecule has 0 aliphatic carbocycles. The van der Waals surface area contributed by atoms with Crippen molar-refractivity contribution in [1.82, 2.24) is 14.5 Å². The lowest BCUT2D eigenvalue weighted by molar-refractivity contribution is 0.287. The van der Waals surface area contributed by atoms with Gasteiger partial charge in [0.25, 0.3) is 0 Å². The summed E-state index contributed by atoms with van der Waals surface area (Å²) in [5.74, 6) is 0.904. The van der Waals surface area contributed by atoms with Crippen molar-refractivity contribution in [3.8, 4) is 5.00 Å². The van der Waals surface area contributed by atoms with Crippen LogP contribution in [-0.4, -0.2) is 26.2 Å². The molecule has 3 heterocycles. The molecule has 0 fully saturated rings. The van der Waals surface area contributed by atoms with Crippen LogP contribution in [0.2, 0.25) is 4.34 Å². The first-order valence-electron chi connectivity index (χ1n) is 5.98. The van der Waals surface area contributed by atoms with E-state index in [9.17, 15) is 0 Å². The number of aliphatic hydroxyl groups is 1. The summed E-state index contributed by atoms with van der Waals surface area (Å²) in [5.41, 5.74) is 1.69. The van der Waals surface area contributed by atoms with Crippen LogP contribution in [0.1, 0.15) is 12.2 Å². The highest BCUT2D eigenvalue weighted by molar-refractivity contribution is 7.18. The lowest BCUT2D eigenvalue weighted by Crippen LogP contribution is -2.01. The van der Waals surface area contributed by atoms with Crippen molar-refractivity contribution in [2.75, 3.05) is 6.61 Å². The smallest absolute Gasteiger partial charge is 0.165 e. The van der Waals surface area contributed by atoms with Crippen LogP contribution in [0.3, 0.4) is 0 Å². The van der Waals surface area contributed by atoms with Gasteiger partial charge in [-0.2, -0.15) is 0 Å². The van der Waals surface area contributed by atoms with Gasteiger partial charge in [-0.15, -0.1) is 11.3 Å². The molecule has 0 radical (unpaired) electrons. The minimum atomic E-state index is 0.155. The molecule has 19 heavy (non-hydrogen) atoms. The minimum absolute atomic E-state index is 0.155. The van der Waals surface area contributed by atoms with Crippen LogP contribution < -0.4 is 0 Å². The third-order valence-electron chi connectivity index (χ3n) is 2.82. The van der Waals surface area contributed by atoms with E-state index in [-0.39, 0.29) is 6.61 Å². The van der Waals surface area contributed by atoms with Gasteiger partial charge in [0, 0.05) is 19.2 Å². The van der Waals surface area contributed by atoms with Crippen molar-refractivity contribution < 1.29 is 5.11 Å². The van der Waals surface area contributed by atoms with Crippen molar-refractivity contribution >= 4 is 34.1 Å². The third-order valence-corrected chi connectivity index (χ3v) is 4.04. The Kier molecular flexibility index (Phi) is 3.50. The maximum absolute atomic E-state index is 9.00. The Morgan fingerprint density at radius 3 is 2.95 bits per heavy atom. The predicted octanol–water partition coefficient (Wildman–Crippen LogP) is 3.06. The van der Waals surface area contributed by atoms with E-state index in [4.69, 9.17) is 16.7 Å². The number of aliphatic hydroxyl groups excluding tert-OH is 1. The van der Waals surface area contributed by atoms with E-state index in [0.717, 1.165) is 26.3 Å². The standard InChI is InChI=1S/C13H12ClN3OS/c14-10-5-6-12(19-10)17-11(4-2-8-18)16-9-3-1-7-15-13(9)17/h1,3,5-7,18H,2,4,8H2. The Bertz CT molecular complexity index is 707. The van der Waals surface area contributed by atoms with Crippen molar-refractivity contribution in [2.24, 2.45) is 0 Å². The largest absolute Gasteiger partial charge is 0.396 e. The molecule has 3 aromatic heterocycles. The van der Waals surface area contributed by atoms with E-state index in [1.165, 1.54) is 11.3 Å². The molecule has 0 aliphatic heterocycles. The highest BCUT2D eigenvalue weighted by Crippen LogP contribution is 2.29. The SMILES string of the molecule is OCCCc1nc2cccnc2n1-c1ccc(Cl)s1. The Morgan fingerprint density at radius 2 is 2.21 bits per heavy atom. The lowest BCUT2D eigenvalue weighted by atomic mass is 10.3. The van der Waals surface area contributed by atoms with E-state index in [2.05, 4.69) is 9.97 Å². The molecule has 0 saturated heterocycles. The van der Waals surface area contributed by atoms with Crippen molar-refractivity contribution in [3.05, 3.63) is 40.6 Å². The van der Waals surface area contributed by atoms with Gasteiger partial charge < -0.3 is 5.11 Å². The summed E-state index contributed by atoms with van der Waals surface area (Å²) in [6.07, 6.45) is 3.15. The molecule has 0 unspecified atom stereocenters. The first kappa shape index (κ1) is 12.6. The number of nitrogens with zero attached hydrogens (tertiary/aromatic N) is 3. The number of pyridine rings is 1. The molecule has 98 valence electrons. The second-order valence-corrected chi connectivity index (χ2v) is 5.81. The Hall–Kier alpha value is -1.43. The molecule has 0 aromatic carbocycles. The summed E-state index contributed by atoms with van der Waals surface area (Å²) in [4.78, 5) is 8.99. The first-order chi connectivity index (χ1) is 9.29. The molecule has 0 atom stereocenters. The van der Waals surface area contributed by atoms with Gasteiger partial charge in [-0.25, -0.2) is 9.97 Å². The van der Waals surface area contributed by atoms with E-state index in [1.807, 2.05) is 28.8 Å². The zero-order valence-electron chi connectivity index (χ0n) is 10.1. The van der Waals surface area contributed by atoms with E-state index >= 15 is 0 Å². The highest BCUT2D eigenvalue weighted by atomic mass is 35.5. The van der Waals surface area contributed by atoms with Crippen LogP contribution in [-0.2, 0) is 6.42 Å². The van der Waals surface area contributed by atoms with Crippen LogP contribution in [0.15, 0.2) is 30.5 Å². The summed E-state index contributed by atoms with van der Waals surface area (Å²) >= 11 is 7.50. The summed E-state index contributed by atoms with van der Waals surface area (Å²) < 4.78 is 2.75. The van der Waals surface area contributed by atoms with Crippen molar-refractivity contribution in [2.45, 2.75) is 12.8 Å². The van der Waals surface area contributed by atoms with Gasteiger partial charge in [0.15, 0.2) is 5.65 Å². The number of rotatable bonds is 4. The monoisotopic (exact) mass is 293 g/mol. The molecule has 3 aromatic rings. The number of halogens is 1. The van der Waals surface area contributed by atoms with Crippen molar-refractivity contribution in [1.29, 1.82) is 0 Å². The average Bonchev–Trinajstić information content (AvgIpc) is 2.99. The minimum Gasteiger partial charge on any atom is -0.396 e. The maximum atomic E-state index is 9.00. The molecule has 3 rings (SSSR count). The zero-order valence-corrected chi connectivity index (χ0v) is 11.7. The fourth-order valence-corrected chi connectivity index (χ4v) is 3.08. The molecule has 0 amide bonds. The summed E-state index contributed by atoms with van der Waals surface area (Å²) in [5, 5.41) is 10.00.